The molecule has 1 saturated heterocycles. The molecule has 3 atom stereocenters. The summed E-state index contributed by atoms with van der Waals surface area (Å²) in [6.07, 6.45) is 1.38. The fourth-order valence-corrected chi connectivity index (χ4v) is 3.05. The zero-order chi connectivity index (χ0) is 12.6. The van der Waals surface area contributed by atoms with Crippen molar-refractivity contribution in [3.05, 3.63) is 11.1 Å². The quantitative estimate of drug-likeness (QED) is 0.873. The number of hydrogen-bond donors (Lipinski definition) is 1. The van der Waals surface area contributed by atoms with Gasteiger partial charge in [-0.3, -0.25) is 4.90 Å². The standard InChI is InChI=1S/C12H21N3OS/c1-8-6-15(7-9(2)14(8)4)12-13-5-11(17-12)10(3)16/h5,8-10,16H,6-7H2,1-4H3. The van der Waals surface area contributed by atoms with E-state index in [4.69, 9.17) is 0 Å². The summed E-state index contributed by atoms with van der Waals surface area (Å²) in [5, 5.41) is 10.6. The summed E-state index contributed by atoms with van der Waals surface area (Å²) in [6, 6.07) is 1.08. The van der Waals surface area contributed by atoms with Crippen LogP contribution in [0.25, 0.3) is 0 Å². The van der Waals surface area contributed by atoms with Crippen molar-refractivity contribution in [2.75, 3.05) is 25.0 Å². The molecule has 17 heavy (non-hydrogen) atoms. The Kier molecular flexibility index (Phi) is 3.70. The Morgan fingerprint density at radius 2 is 2.00 bits per heavy atom. The lowest BCUT2D eigenvalue weighted by Crippen LogP contribution is -2.55. The van der Waals surface area contributed by atoms with Crippen molar-refractivity contribution in [1.29, 1.82) is 0 Å². The Balaban J connectivity index is 2.11. The van der Waals surface area contributed by atoms with Crippen LogP contribution in [0, 0.1) is 0 Å². The van der Waals surface area contributed by atoms with Gasteiger partial charge in [-0.1, -0.05) is 11.3 Å². The van der Waals surface area contributed by atoms with Crippen LogP contribution in [0.4, 0.5) is 5.13 Å². The number of hydrogen-bond acceptors (Lipinski definition) is 5. The minimum absolute atomic E-state index is 0.413. The highest BCUT2D eigenvalue weighted by atomic mass is 32.1. The predicted octanol–water partition coefficient (Wildman–Crippen LogP) is 1.73. The molecule has 0 aromatic carbocycles. The number of nitrogens with zero attached hydrogens (tertiary/aromatic N) is 3. The van der Waals surface area contributed by atoms with Crippen LogP contribution >= 0.6 is 11.3 Å². The molecule has 0 spiro atoms. The molecule has 1 fully saturated rings. The first-order valence-electron chi connectivity index (χ1n) is 6.09. The van der Waals surface area contributed by atoms with E-state index in [9.17, 15) is 5.11 Å². The number of thiazole rings is 1. The maximum Gasteiger partial charge on any atom is 0.185 e. The molecule has 0 bridgehead atoms. The fourth-order valence-electron chi connectivity index (χ4n) is 2.18. The van der Waals surface area contributed by atoms with Crippen molar-refractivity contribution < 1.29 is 5.11 Å². The second-order valence-electron chi connectivity index (χ2n) is 4.99. The van der Waals surface area contributed by atoms with Crippen LogP contribution in [-0.4, -0.2) is 47.2 Å². The van der Waals surface area contributed by atoms with Crippen LogP contribution in [0.15, 0.2) is 6.20 Å². The summed E-state index contributed by atoms with van der Waals surface area (Å²) >= 11 is 1.60. The minimum atomic E-state index is -0.413. The van der Waals surface area contributed by atoms with E-state index in [2.05, 4.69) is 35.7 Å². The van der Waals surface area contributed by atoms with E-state index in [0.29, 0.717) is 12.1 Å². The molecule has 1 aromatic heterocycles. The SMILES string of the molecule is CC(O)c1cnc(N2CC(C)N(C)C(C)C2)s1. The number of anilines is 1. The second-order valence-corrected chi connectivity index (χ2v) is 6.03. The normalized spacial score (nSPS) is 28.4. The maximum atomic E-state index is 9.53. The molecule has 0 amide bonds. The Hall–Kier alpha value is -0.650. The molecule has 1 aliphatic heterocycles. The van der Waals surface area contributed by atoms with Gasteiger partial charge in [0.1, 0.15) is 0 Å². The summed E-state index contributed by atoms with van der Waals surface area (Å²) < 4.78 is 0. The highest BCUT2D eigenvalue weighted by Gasteiger charge is 2.28. The summed E-state index contributed by atoms with van der Waals surface area (Å²) in [5.41, 5.74) is 0. The maximum absolute atomic E-state index is 9.53. The molecule has 0 radical (unpaired) electrons. The van der Waals surface area contributed by atoms with Crippen molar-refractivity contribution in [2.45, 2.75) is 39.0 Å². The van der Waals surface area contributed by atoms with Gasteiger partial charge in [-0.2, -0.15) is 0 Å². The highest BCUT2D eigenvalue weighted by molar-refractivity contribution is 7.15. The summed E-state index contributed by atoms with van der Waals surface area (Å²) in [4.78, 5) is 10.1. The minimum Gasteiger partial charge on any atom is -0.388 e. The molecule has 3 unspecified atom stereocenters. The average molecular weight is 255 g/mol. The second kappa shape index (κ2) is 4.92. The summed E-state index contributed by atoms with van der Waals surface area (Å²) in [5.74, 6) is 0. The topological polar surface area (TPSA) is 39.6 Å². The molecule has 4 nitrogen and oxygen atoms in total. The first kappa shape index (κ1) is 12.8. The van der Waals surface area contributed by atoms with E-state index in [-0.39, 0.29) is 0 Å². The Bertz CT molecular complexity index is 368. The fraction of sp³-hybridized carbons (Fsp3) is 0.750. The van der Waals surface area contributed by atoms with E-state index in [1.54, 1.807) is 24.5 Å². The molecule has 1 N–H and O–H groups in total. The lowest BCUT2D eigenvalue weighted by Gasteiger charge is -2.42. The van der Waals surface area contributed by atoms with E-state index < -0.39 is 6.10 Å². The lowest BCUT2D eigenvalue weighted by atomic mass is 10.1. The van der Waals surface area contributed by atoms with Gasteiger partial charge in [-0.15, -0.1) is 0 Å². The smallest absolute Gasteiger partial charge is 0.185 e. The number of aromatic nitrogens is 1. The van der Waals surface area contributed by atoms with Crippen LogP contribution in [0.1, 0.15) is 31.8 Å². The first-order chi connectivity index (χ1) is 7.99. The molecule has 0 saturated carbocycles. The van der Waals surface area contributed by atoms with Gasteiger partial charge >= 0.3 is 0 Å². The molecule has 2 rings (SSSR count). The number of aliphatic hydroxyl groups is 1. The lowest BCUT2D eigenvalue weighted by molar-refractivity contribution is 0.170. The molecular weight excluding hydrogens is 234 g/mol. The van der Waals surface area contributed by atoms with Crippen LogP contribution in [0.5, 0.6) is 0 Å². The average Bonchev–Trinajstić information content (AvgIpc) is 2.74. The monoisotopic (exact) mass is 255 g/mol. The van der Waals surface area contributed by atoms with Crippen LogP contribution in [-0.2, 0) is 0 Å². The number of likely N-dealkylation sites (N-methyl/N-ethyl adjacent to an activating group) is 1. The Morgan fingerprint density at radius 3 is 2.47 bits per heavy atom. The van der Waals surface area contributed by atoms with Gasteiger partial charge in [0.05, 0.1) is 11.0 Å². The van der Waals surface area contributed by atoms with Gasteiger partial charge in [0, 0.05) is 31.4 Å². The van der Waals surface area contributed by atoms with Crippen molar-refractivity contribution in [3.8, 4) is 0 Å². The highest BCUT2D eigenvalue weighted by Crippen LogP contribution is 2.29. The van der Waals surface area contributed by atoms with Crippen LogP contribution in [0.2, 0.25) is 0 Å². The van der Waals surface area contributed by atoms with Gasteiger partial charge in [0.15, 0.2) is 5.13 Å². The molecule has 0 aliphatic carbocycles. The summed E-state index contributed by atoms with van der Waals surface area (Å²) in [6.45, 7) is 8.28. The number of piperazine rings is 1. The third-order valence-corrected chi connectivity index (χ3v) is 4.78. The van der Waals surface area contributed by atoms with Crippen molar-refractivity contribution >= 4 is 16.5 Å². The number of rotatable bonds is 2. The van der Waals surface area contributed by atoms with E-state index in [1.165, 1.54) is 0 Å². The predicted molar refractivity (Wildman–Crippen MR) is 71.6 cm³/mol. The Morgan fingerprint density at radius 1 is 1.41 bits per heavy atom. The molecular formula is C12H21N3OS. The largest absolute Gasteiger partial charge is 0.388 e. The Labute approximate surface area is 107 Å². The van der Waals surface area contributed by atoms with Gasteiger partial charge in [0.25, 0.3) is 0 Å². The number of aliphatic hydroxyl groups excluding tert-OH is 1. The van der Waals surface area contributed by atoms with E-state index >= 15 is 0 Å². The van der Waals surface area contributed by atoms with Gasteiger partial charge < -0.3 is 10.0 Å². The van der Waals surface area contributed by atoms with Crippen LogP contribution < -0.4 is 4.90 Å². The zero-order valence-electron chi connectivity index (χ0n) is 10.9. The van der Waals surface area contributed by atoms with Crippen molar-refractivity contribution in [3.63, 3.8) is 0 Å². The van der Waals surface area contributed by atoms with Gasteiger partial charge in [-0.05, 0) is 27.8 Å². The van der Waals surface area contributed by atoms with E-state index in [1.807, 2.05) is 0 Å². The van der Waals surface area contributed by atoms with Crippen molar-refractivity contribution in [2.24, 2.45) is 0 Å². The van der Waals surface area contributed by atoms with Gasteiger partial charge in [0.2, 0.25) is 0 Å². The van der Waals surface area contributed by atoms with Crippen molar-refractivity contribution in [1.82, 2.24) is 9.88 Å². The molecule has 2 heterocycles. The van der Waals surface area contributed by atoms with E-state index in [0.717, 1.165) is 23.1 Å². The molecule has 1 aromatic rings. The third-order valence-electron chi connectivity index (χ3n) is 3.55. The summed E-state index contributed by atoms with van der Waals surface area (Å²) in [7, 11) is 2.18. The first-order valence-corrected chi connectivity index (χ1v) is 6.91. The third kappa shape index (κ3) is 2.61. The molecule has 5 heteroatoms. The van der Waals surface area contributed by atoms with Crippen LogP contribution in [0.3, 0.4) is 0 Å². The zero-order valence-corrected chi connectivity index (χ0v) is 11.7. The molecule has 1 aliphatic rings. The van der Waals surface area contributed by atoms with Gasteiger partial charge in [-0.25, -0.2) is 4.98 Å². The molecule has 96 valence electrons.